The Morgan fingerprint density at radius 2 is 1.71 bits per heavy atom. The maximum absolute atomic E-state index is 12.1. The summed E-state index contributed by atoms with van der Waals surface area (Å²) in [6, 6.07) is 8.56. The fourth-order valence-corrected chi connectivity index (χ4v) is 2.11. The zero-order valence-corrected chi connectivity index (χ0v) is 13.6. The number of benzene rings is 1. The van der Waals surface area contributed by atoms with Crippen LogP contribution in [-0.2, 0) is 9.53 Å². The van der Waals surface area contributed by atoms with Crippen molar-refractivity contribution in [2.24, 2.45) is 0 Å². The minimum absolute atomic E-state index is 0.284. The minimum atomic E-state index is -2.07. The van der Waals surface area contributed by atoms with E-state index >= 15 is 0 Å². The lowest BCUT2D eigenvalue weighted by Gasteiger charge is -2.28. The largest absolute Gasteiger partial charge is 0.454 e. The molecule has 0 amide bonds. The van der Waals surface area contributed by atoms with Crippen molar-refractivity contribution in [1.29, 1.82) is 0 Å². The molecule has 6 atom stereocenters. The van der Waals surface area contributed by atoms with E-state index < -0.39 is 43.1 Å². The Hall–Kier alpha value is -1.55. The van der Waals surface area contributed by atoms with Gasteiger partial charge >= 0.3 is 5.97 Å². The smallest absolute Gasteiger partial charge is 0.338 e. The summed E-state index contributed by atoms with van der Waals surface area (Å²) in [6.07, 6.45) is -8.39. The van der Waals surface area contributed by atoms with Crippen molar-refractivity contribution in [2.45, 2.75) is 43.5 Å². The lowest BCUT2D eigenvalue weighted by atomic mass is 10.0. The molecule has 1 aromatic carbocycles. The third-order valence-electron chi connectivity index (χ3n) is 3.78. The maximum Gasteiger partial charge on any atom is 0.338 e. The third-order valence-corrected chi connectivity index (χ3v) is 3.78. The zero-order chi connectivity index (χ0) is 18.3. The molecule has 0 aliphatic heterocycles. The van der Waals surface area contributed by atoms with Crippen molar-refractivity contribution >= 4 is 5.97 Å². The molecule has 0 heterocycles. The van der Waals surface area contributed by atoms with E-state index in [0.717, 1.165) is 0 Å². The summed E-state index contributed by atoms with van der Waals surface area (Å²) in [7, 11) is 1.68. The van der Waals surface area contributed by atoms with Crippen molar-refractivity contribution in [3.8, 4) is 0 Å². The Bertz CT molecular complexity index is 498. The van der Waals surface area contributed by atoms with Gasteiger partial charge in [-0.1, -0.05) is 30.3 Å². The van der Waals surface area contributed by atoms with Crippen LogP contribution in [0.25, 0.3) is 0 Å². The van der Waals surface area contributed by atoms with E-state index in [1.54, 1.807) is 44.3 Å². The summed E-state index contributed by atoms with van der Waals surface area (Å²) < 4.78 is 5.27. The molecule has 5 unspecified atom stereocenters. The molecular weight excluding hydrogens is 318 g/mol. The van der Waals surface area contributed by atoms with E-state index in [2.05, 4.69) is 5.32 Å². The molecule has 0 aliphatic rings. The van der Waals surface area contributed by atoms with Gasteiger partial charge in [-0.25, -0.2) is 4.79 Å². The van der Waals surface area contributed by atoms with Crippen LogP contribution in [0.15, 0.2) is 30.3 Å². The Labute approximate surface area is 140 Å². The number of likely N-dealkylation sites (N-methyl/N-ethyl adjacent to an activating group) is 1. The molecule has 0 saturated heterocycles. The van der Waals surface area contributed by atoms with Gasteiger partial charge in [-0.05, 0) is 19.5 Å². The number of rotatable bonds is 9. The van der Waals surface area contributed by atoms with Crippen LogP contribution in [0.1, 0.15) is 18.6 Å². The van der Waals surface area contributed by atoms with Crippen LogP contribution in [0.4, 0.5) is 0 Å². The third kappa shape index (κ3) is 5.23. The van der Waals surface area contributed by atoms with Gasteiger partial charge in [0.1, 0.15) is 24.4 Å². The summed E-state index contributed by atoms with van der Waals surface area (Å²) in [5, 5.41) is 50.1. The van der Waals surface area contributed by atoms with Crippen molar-refractivity contribution in [3.05, 3.63) is 35.9 Å². The molecule has 0 spiro atoms. The molecule has 0 saturated carbocycles. The molecule has 1 aromatic rings. The monoisotopic (exact) mass is 343 g/mol. The van der Waals surface area contributed by atoms with Crippen molar-refractivity contribution < 1.29 is 35.1 Å². The number of hydrogen-bond acceptors (Lipinski definition) is 8. The maximum atomic E-state index is 12.1. The topological polar surface area (TPSA) is 139 Å². The molecule has 1 rings (SSSR count). The quantitative estimate of drug-likeness (QED) is 0.292. The highest BCUT2D eigenvalue weighted by molar-refractivity contribution is 5.75. The van der Waals surface area contributed by atoms with Crippen LogP contribution in [0.3, 0.4) is 0 Å². The van der Waals surface area contributed by atoms with Crippen molar-refractivity contribution in [3.63, 3.8) is 0 Å². The Morgan fingerprint density at radius 3 is 2.21 bits per heavy atom. The zero-order valence-electron chi connectivity index (χ0n) is 13.6. The first-order valence-corrected chi connectivity index (χ1v) is 7.59. The highest BCUT2D eigenvalue weighted by Gasteiger charge is 2.36. The number of aliphatic hydroxyl groups is 5. The Morgan fingerprint density at radius 1 is 1.12 bits per heavy atom. The number of ether oxygens (including phenoxy) is 1. The van der Waals surface area contributed by atoms with E-state index in [9.17, 15) is 25.2 Å². The second kappa shape index (κ2) is 9.67. The highest BCUT2D eigenvalue weighted by atomic mass is 16.6. The van der Waals surface area contributed by atoms with Gasteiger partial charge in [-0.2, -0.15) is 0 Å². The van der Waals surface area contributed by atoms with Gasteiger partial charge in [0, 0.05) is 6.04 Å². The second-order valence-corrected chi connectivity index (χ2v) is 5.52. The lowest BCUT2D eigenvalue weighted by Crippen LogP contribution is -2.49. The highest BCUT2D eigenvalue weighted by Crippen LogP contribution is 2.22. The van der Waals surface area contributed by atoms with Gasteiger partial charge in [-0.3, -0.25) is 0 Å². The molecule has 8 nitrogen and oxygen atoms in total. The number of hydrogen-bond donors (Lipinski definition) is 6. The van der Waals surface area contributed by atoms with Crippen LogP contribution in [0, 0.1) is 0 Å². The SMILES string of the molecule is CN[C@H](C)C(OC(=O)C(O)C(O)C(O)C(O)CO)c1ccccc1. The number of nitrogens with one attached hydrogen (secondary N) is 1. The standard InChI is InChI=1S/C16H25NO7/c1-9(17-2)15(10-6-4-3-5-7-10)24-16(23)14(22)13(21)12(20)11(19)8-18/h3-7,9,11-15,17-22H,8H2,1-2H3/t9-,11?,12?,13?,14?,15?/m1/s1. The molecule has 8 heteroatoms. The molecule has 0 bridgehead atoms. The van der Waals surface area contributed by atoms with Crippen LogP contribution >= 0.6 is 0 Å². The Kier molecular flexibility index (Phi) is 8.26. The van der Waals surface area contributed by atoms with Gasteiger partial charge in [0.25, 0.3) is 0 Å². The number of carbonyl (C=O) groups is 1. The average Bonchev–Trinajstić information content (AvgIpc) is 2.63. The summed E-state index contributed by atoms with van der Waals surface area (Å²) in [4.78, 5) is 12.1. The predicted octanol–water partition coefficient (Wildman–Crippen LogP) is -1.69. The molecule has 6 N–H and O–H groups in total. The predicted molar refractivity (Wildman–Crippen MR) is 84.9 cm³/mol. The first-order valence-electron chi connectivity index (χ1n) is 7.59. The molecule has 0 fully saturated rings. The van der Waals surface area contributed by atoms with Gasteiger partial charge < -0.3 is 35.6 Å². The first-order chi connectivity index (χ1) is 11.3. The van der Waals surface area contributed by atoms with E-state index in [4.69, 9.17) is 9.84 Å². The molecule has 136 valence electrons. The fraction of sp³-hybridized carbons (Fsp3) is 0.562. The summed E-state index contributed by atoms with van der Waals surface area (Å²) in [5.74, 6) is -1.15. The fourth-order valence-electron chi connectivity index (χ4n) is 2.11. The molecule has 24 heavy (non-hydrogen) atoms. The van der Waals surface area contributed by atoms with E-state index in [1.165, 1.54) is 0 Å². The molecule has 0 radical (unpaired) electrons. The number of aliphatic hydroxyl groups excluding tert-OH is 5. The molecule has 0 aliphatic carbocycles. The number of esters is 1. The number of carbonyl (C=O) groups excluding carboxylic acids is 1. The summed E-state index contributed by atoms with van der Waals surface area (Å²) in [6.45, 7) is 0.946. The summed E-state index contributed by atoms with van der Waals surface area (Å²) >= 11 is 0. The summed E-state index contributed by atoms with van der Waals surface area (Å²) in [5.41, 5.74) is 0.685. The van der Waals surface area contributed by atoms with Gasteiger partial charge in [0.2, 0.25) is 0 Å². The first kappa shape index (κ1) is 20.5. The van der Waals surface area contributed by atoms with Crippen LogP contribution in [-0.4, -0.2) is 75.6 Å². The molecular formula is C16H25NO7. The van der Waals surface area contributed by atoms with E-state index in [0.29, 0.717) is 5.56 Å². The van der Waals surface area contributed by atoms with Crippen LogP contribution < -0.4 is 5.32 Å². The molecule has 0 aromatic heterocycles. The minimum Gasteiger partial charge on any atom is -0.454 e. The van der Waals surface area contributed by atoms with Crippen LogP contribution in [0.5, 0.6) is 0 Å². The van der Waals surface area contributed by atoms with E-state index in [-0.39, 0.29) is 6.04 Å². The van der Waals surface area contributed by atoms with Crippen molar-refractivity contribution in [1.82, 2.24) is 5.32 Å². The lowest BCUT2D eigenvalue weighted by molar-refractivity contribution is -0.176. The van der Waals surface area contributed by atoms with Crippen molar-refractivity contribution in [2.75, 3.05) is 13.7 Å². The normalized spacial score (nSPS) is 19.0. The second-order valence-electron chi connectivity index (χ2n) is 5.52. The van der Waals surface area contributed by atoms with Crippen LogP contribution in [0.2, 0.25) is 0 Å². The van der Waals surface area contributed by atoms with Gasteiger partial charge in [0.05, 0.1) is 6.61 Å². The van der Waals surface area contributed by atoms with Gasteiger partial charge in [0.15, 0.2) is 6.10 Å². The average molecular weight is 343 g/mol. The van der Waals surface area contributed by atoms with E-state index in [1.807, 2.05) is 0 Å². The Balaban J connectivity index is 2.84. The van der Waals surface area contributed by atoms with Gasteiger partial charge in [-0.15, -0.1) is 0 Å².